The van der Waals surface area contributed by atoms with Crippen molar-refractivity contribution in [1.82, 2.24) is 4.90 Å². The van der Waals surface area contributed by atoms with Crippen molar-refractivity contribution < 1.29 is 18.7 Å². The summed E-state index contributed by atoms with van der Waals surface area (Å²) in [6.07, 6.45) is 6.25. The topological polar surface area (TPSA) is 59.8 Å². The molecule has 0 saturated carbocycles. The van der Waals surface area contributed by atoms with E-state index < -0.39 is 5.60 Å². The van der Waals surface area contributed by atoms with Gasteiger partial charge in [-0.2, -0.15) is 0 Å². The number of hydrogen-bond donors (Lipinski definition) is 0. The van der Waals surface area contributed by atoms with Crippen molar-refractivity contribution >= 4 is 18.0 Å². The van der Waals surface area contributed by atoms with E-state index in [2.05, 4.69) is 0 Å². The predicted molar refractivity (Wildman–Crippen MR) is 87.1 cm³/mol. The lowest BCUT2D eigenvalue weighted by Crippen LogP contribution is -2.48. The zero-order chi connectivity index (χ0) is 16.6. The lowest BCUT2D eigenvalue weighted by Gasteiger charge is -2.39. The van der Waals surface area contributed by atoms with E-state index in [9.17, 15) is 9.59 Å². The monoisotopic (exact) mass is 323 g/mol. The molecule has 1 saturated heterocycles. The van der Waals surface area contributed by atoms with E-state index in [4.69, 9.17) is 9.15 Å². The Bertz CT molecular complexity index is 809. The molecule has 0 N–H and O–H groups in total. The van der Waals surface area contributed by atoms with Crippen molar-refractivity contribution in [2.45, 2.75) is 18.4 Å². The Hall–Kier alpha value is -2.82. The van der Waals surface area contributed by atoms with Crippen LogP contribution in [0.3, 0.4) is 0 Å². The Morgan fingerprint density at radius 1 is 1.21 bits per heavy atom. The molecule has 0 bridgehead atoms. The number of carbonyl (C=O) groups is 2. The van der Waals surface area contributed by atoms with Crippen molar-refractivity contribution in [3.63, 3.8) is 0 Å². The van der Waals surface area contributed by atoms with E-state index in [1.165, 1.54) is 6.08 Å². The van der Waals surface area contributed by atoms with Crippen LogP contribution in [-0.4, -0.2) is 29.9 Å². The van der Waals surface area contributed by atoms with Gasteiger partial charge in [-0.05, 0) is 37.1 Å². The van der Waals surface area contributed by atoms with E-state index in [0.717, 1.165) is 18.4 Å². The van der Waals surface area contributed by atoms with Crippen LogP contribution in [0.5, 0.6) is 0 Å². The summed E-state index contributed by atoms with van der Waals surface area (Å²) in [4.78, 5) is 26.4. The maximum absolute atomic E-state index is 12.5. The first kappa shape index (κ1) is 14.8. The van der Waals surface area contributed by atoms with Gasteiger partial charge in [-0.3, -0.25) is 4.79 Å². The number of ether oxygens (including phenoxy) is 1. The molecule has 5 nitrogen and oxygen atoms in total. The highest BCUT2D eigenvalue weighted by molar-refractivity contribution is 5.95. The number of fused-ring (bicyclic) bond motifs is 2. The maximum Gasteiger partial charge on any atom is 0.339 e. The van der Waals surface area contributed by atoms with Crippen molar-refractivity contribution in [2.24, 2.45) is 0 Å². The molecule has 4 rings (SSSR count). The fourth-order valence-corrected chi connectivity index (χ4v) is 3.50. The fourth-order valence-electron chi connectivity index (χ4n) is 3.50. The van der Waals surface area contributed by atoms with Crippen LogP contribution < -0.4 is 0 Å². The van der Waals surface area contributed by atoms with Crippen LogP contribution in [0.15, 0.2) is 53.2 Å². The van der Waals surface area contributed by atoms with Gasteiger partial charge in [0.1, 0.15) is 5.76 Å². The zero-order valence-corrected chi connectivity index (χ0v) is 13.1. The van der Waals surface area contributed by atoms with Gasteiger partial charge in [0.2, 0.25) is 5.91 Å². The van der Waals surface area contributed by atoms with E-state index in [-0.39, 0.29) is 11.9 Å². The summed E-state index contributed by atoms with van der Waals surface area (Å²) in [5, 5.41) is 0. The van der Waals surface area contributed by atoms with Gasteiger partial charge in [0.25, 0.3) is 0 Å². The van der Waals surface area contributed by atoms with Crippen LogP contribution in [-0.2, 0) is 15.1 Å². The quantitative estimate of drug-likeness (QED) is 0.630. The number of amides is 1. The Morgan fingerprint density at radius 3 is 2.92 bits per heavy atom. The van der Waals surface area contributed by atoms with E-state index in [0.29, 0.717) is 24.4 Å². The number of benzene rings is 1. The zero-order valence-electron chi connectivity index (χ0n) is 13.1. The average molecular weight is 323 g/mol. The van der Waals surface area contributed by atoms with Crippen molar-refractivity contribution in [1.29, 1.82) is 0 Å². The first-order valence-corrected chi connectivity index (χ1v) is 8.01. The Morgan fingerprint density at radius 2 is 2.08 bits per heavy atom. The molecule has 1 spiro atoms. The van der Waals surface area contributed by atoms with Gasteiger partial charge >= 0.3 is 5.97 Å². The molecule has 2 aromatic rings. The summed E-state index contributed by atoms with van der Waals surface area (Å²) >= 11 is 0. The molecule has 1 aromatic carbocycles. The molecule has 5 heteroatoms. The SMILES string of the molecule is O=C1OC2(CCCN(C(=O)/C=C/c3ccco3)C2)c2ccccc21. The Kier molecular flexibility index (Phi) is 3.49. The smallest absolute Gasteiger partial charge is 0.339 e. The molecule has 2 aliphatic rings. The second kappa shape index (κ2) is 5.67. The standard InChI is InChI=1S/C19H17NO4/c21-17(9-8-14-5-3-12-23-14)20-11-4-10-19(13-20)16-7-2-1-6-15(16)18(22)24-19/h1-3,5-9,12H,4,10-11,13H2/b9-8+. The largest absolute Gasteiger partial charge is 0.465 e. The van der Waals surface area contributed by atoms with Gasteiger partial charge in [-0.25, -0.2) is 4.79 Å². The van der Waals surface area contributed by atoms with E-state index in [1.54, 1.807) is 35.4 Å². The minimum atomic E-state index is -0.708. The molecule has 1 fully saturated rings. The predicted octanol–water partition coefficient (Wildman–Crippen LogP) is 2.98. The summed E-state index contributed by atoms with van der Waals surface area (Å²) in [5.41, 5.74) is 0.792. The molecule has 122 valence electrons. The number of rotatable bonds is 2. The molecule has 24 heavy (non-hydrogen) atoms. The molecular weight excluding hydrogens is 306 g/mol. The van der Waals surface area contributed by atoms with Crippen LogP contribution in [0.25, 0.3) is 6.08 Å². The molecule has 1 unspecified atom stereocenters. The highest BCUT2D eigenvalue weighted by Gasteiger charge is 2.48. The normalized spacial score (nSPS) is 22.8. The average Bonchev–Trinajstić information content (AvgIpc) is 3.21. The van der Waals surface area contributed by atoms with Crippen LogP contribution in [0.4, 0.5) is 0 Å². The van der Waals surface area contributed by atoms with Crippen LogP contribution in [0, 0.1) is 0 Å². The lowest BCUT2D eigenvalue weighted by molar-refractivity contribution is -0.133. The number of furan rings is 1. The van der Waals surface area contributed by atoms with Crippen LogP contribution in [0.2, 0.25) is 0 Å². The first-order valence-electron chi connectivity index (χ1n) is 8.01. The summed E-state index contributed by atoms with van der Waals surface area (Å²) in [7, 11) is 0. The second-order valence-electron chi connectivity index (χ2n) is 6.14. The van der Waals surface area contributed by atoms with Crippen molar-refractivity contribution in [3.05, 3.63) is 65.6 Å². The fraction of sp³-hybridized carbons (Fsp3) is 0.263. The Labute approximate surface area is 139 Å². The minimum absolute atomic E-state index is 0.106. The van der Waals surface area contributed by atoms with Crippen molar-refractivity contribution in [2.75, 3.05) is 13.1 Å². The number of carbonyl (C=O) groups excluding carboxylic acids is 2. The molecule has 2 aliphatic heterocycles. The third-order valence-electron chi connectivity index (χ3n) is 4.63. The number of hydrogen-bond acceptors (Lipinski definition) is 4. The van der Waals surface area contributed by atoms with Gasteiger partial charge in [-0.1, -0.05) is 18.2 Å². The van der Waals surface area contributed by atoms with E-state index in [1.807, 2.05) is 18.2 Å². The summed E-state index contributed by atoms with van der Waals surface area (Å²) in [6.45, 7) is 1.04. The third kappa shape index (κ3) is 2.42. The summed E-state index contributed by atoms with van der Waals surface area (Å²) in [6, 6.07) is 11.0. The highest BCUT2D eigenvalue weighted by atomic mass is 16.6. The highest BCUT2D eigenvalue weighted by Crippen LogP contribution is 2.42. The summed E-state index contributed by atoms with van der Waals surface area (Å²) < 4.78 is 10.9. The summed E-state index contributed by atoms with van der Waals surface area (Å²) in [5.74, 6) is 0.227. The lowest BCUT2D eigenvalue weighted by atomic mass is 9.85. The third-order valence-corrected chi connectivity index (χ3v) is 4.63. The first-order chi connectivity index (χ1) is 11.7. The van der Waals surface area contributed by atoms with Crippen LogP contribution in [0.1, 0.15) is 34.5 Å². The van der Waals surface area contributed by atoms with Gasteiger partial charge in [0.05, 0.1) is 18.4 Å². The second-order valence-corrected chi connectivity index (χ2v) is 6.14. The molecule has 0 aliphatic carbocycles. The number of likely N-dealkylation sites (tertiary alicyclic amines) is 1. The number of esters is 1. The number of piperidine rings is 1. The molecular formula is C19H17NO4. The molecule has 0 radical (unpaired) electrons. The van der Waals surface area contributed by atoms with Gasteiger partial charge in [0, 0.05) is 18.2 Å². The Balaban J connectivity index is 1.56. The molecule has 3 heterocycles. The molecule has 1 amide bonds. The van der Waals surface area contributed by atoms with Gasteiger partial charge in [0.15, 0.2) is 5.60 Å². The van der Waals surface area contributed by atoms with Crippen LogP contribution >= 0.6 is 0 Å². The van der Waals surface area contributed by atoms with Gasteiger partial charge < -0.3 is 14.1 Å². The minimum Gasteiger partial charge on any atom is -0.465 e. The van der Waals surface area contributed by atoms with E-state index >= 15 is 0 Å². The maximum atomic E-state index is 12.5. The molecule has 1 atom stereocenters. The molecule has 1 aromatic heterocycles. The van der Waals surface area contributed by atoms with Crippen molar-refractivity contribution in [3.8, 4) is 0 Å². The number of nitrogens with zero attached hydrogens (tertiary/aromatic N) is 1. The van der Waals surface area contributed by atoms with Gasteiger partial charge in [-0.15, -0.1) is 0 Å².